The molecule has 0 aliphatic carbocycles. The molecule has 0 aliphatic rings. The fourth-order valence-corrected chi connectivity index (χ4v) is 0. The summed E-state index contributed by atoms with van der Waals surface area (Å²) in [6.07, 6.45) is 0.667. The number of hydrogen-bond acceptors (Lipinski definition) is 5. The van der Waals surface area contributed by atoms with E-state index in [9.17, 15) is 24.0 Å². The van der Waals surface area contributed by atoms with Gasteiger partial charge in [-0.3, -0.25) is 14.4 Å². The first-order valence-corrected chi connectivity index (χ1v) is 9.09. The second-order valence-corrected chi connectivity index (χ2v) is 6.91. The molecule has 6 nitrogen and oxygen atoms in total. The van der Waals surface area contributed by atoms with Crippen molar-refractivity contribution in [3.63, 3.8) is 0 Å². The number of amides is 1. The number of carbonyl (C=O) groups is 5. The molecule has 0 fully saturated rings. The lowest BCUT2D eigenvalue weighted by atomic mass is 10.1. The van der Waals surface area contributed by atoms with Crippen LogP contribution < -0.4 is 0 Å². The minimum Gasteiger partial charge on any atom is -0.349 e. The molecule has 0 saturated heterocycles. The van der Waals surface area contributed by atoms with Crippen molar-refractivity contribution in [1.82, 2.24) is 4.90 Å². The average molecular weight is 390 g/mol. The van der Waals surface area contributed by atoms with Crippen LogP contribution in [0.5, 0.6) is 0 Å². The summed E-state index contributed by atoms with van der Waals surface area (Å²) in [5.74, 6) is 1.46. The van der Waals surface area contributed by atoms with E-state index in [1.807, 2.05) is 34.6 Å². The maximum absolute atomic E-state index is 10.1. The van der Waals surface area contributed by atoms with Crippen LogP contribution in [-0.4, -0.2) is 48.0 Å². The zero-order valence-corrected chi connectivity index (χ0v) is 19.9. The quantitative estimate of drug-likeness (QED) is 0.724. The van der Waals surface area contributed by atoms with Gasteiger partial charge in [0.2, 0.25) is 5.91 Å². The van der Waals surface area contributed by atoms with E-state index in [1.54, 1.807) is 34.9 Å². The highest BCUT2D eigenvalue weighted by atomic mass is 16.2. The summed E-state index contributed by atoms with van der Waals surface area (Å²) in [5.41, 5.74) is 0. The van der Waals surface area contributed by atoms with Crippen LogP contribution in [0.4, 0.5) is 0 Å². The van der Waals surface area contributed by atoms with Gasteiger partial charge in [-0.15, -0.1) is 0 Å². The molecule has 0 N–H and O–H groups in total. The van der Waals surface area contributed by atoms with E-state index >= 15 is 0 Å². The molecular formula is C21H43NO5. The standard InChI is InChI=1S/2C5H10O.C4H9NO.C4H8O.C3H6O/c2*1-4(2)5(3)6;1-4(6)5(2)3;1-3-4(2)5;1-3(2)4/h2*4H,1-3H3;1-3H3;3H2,1-2H3;1-2H3. The number of hydrogen-bond donors (Lipinski definition) is 0. The molecule has 0 saturated carbocycles. The SMILES string of the molecule is CC(=O)C(C)C.CC(=O)C(C)C.CC(=O)N(C)C.CC(C)=O.CCC(C)=O. The molecule has 0 radical (unpaired) electrons. The highest BCUT2D eigenvalue weighted by molar-refractivity contribution is 5.77. The van der Waals surface area contributed by atoms with Crippen molar-refractivity contribution in [2.75, 3.05) is 14.1 Å². The van der Waals surface area contributed by atoms with E-state index in [2.05, 4.69) is 0 Å². The first-order chi connectivity index (χ1) is 11.9. The Balaban J connectivity index is -0.0000000753. The zero-order chi connectivity index (χ0) is 23.3. The molecule has 0 bridgehead atoms. The lowest BCUT2D eigenvalue weighted by molar-refractivity contribution is -0.126. The Morgan fingerprint density at radius 3 is 0.778 bits per heavy atom. The van der Waals surface area contributed by atoms with Gasteiger partial charge >= 0.3 is 0 Å². The van der Waals surface area contributed by atoms with Crippen molar-refractivity contribution in [3.05, 3.63) is 0 Å². The number of nitrogens with zero attached hydrogens (tertiary/aromatic N) is 1. The molecule has 0 aliphatic heterocycles. The van der Waals surface area contributed by atoms with E-state index in [4.69, 9.17) is 0 Å². The Morgan fingerprint density at radius 2 is 0.778 bits per heavy atom. The molecule has 27 heavy (non-hydrogen) atoms. The molecule has 0 atom stereocenters. The Morgan fingerprint density at radius 1 is 0.667 bits per heavy atom. The number of Topliss-reactive ketones (excluding diaryl/α,β-unsaturated/α-hetero) is 4. The van der Waals surface area contributed by atoms with Crippen molar-refractivity contribution < 1.29 is 24.0 Å². The Hall–Kier alpha value is -1.85. The van der Waals surface area contributed by atoms with Crippen molar-refractivity contribution in [1.29, 1.82) is 0 Å². The van der Waals surface area contributed by atoms with Crippen molar-refractivity contribution >= 4 is 29.0 Å². The van der Waals surface area contributed by atoms with Crippen LogP contribution in [0.25, 0.3) is 0 Å². The number of ketones is 4. The Kier molecular flexibility index (Phi) is 32.3. The lowest BCUT2D eigenvalue weighted by Crippen LogP contribution is -2.17. The van der Waals surface area contributed by atoms with Gasteiger partial charge in [-0.1, -0.05) is 34.6 Å². The molecule has 0 heterocycles. The number of carbonyl (C=O) groups excluding carboxylic acids is 5. The Bertz CT molecular complexity index is 377. The summed E-state index contributed by atoms with van der Waals surface area (Å²) in [6.45, 7) is 18.8. The minimum absolute atomic E-state index is 0.0926. The van der Waals surface area contributed by atoms with Crippen LogP contribution in [-0.2, 0) is 24.0 Å². The summed E-state index contributed by atoms with van der Waals surface area (Å²) in [5, 5.41) is 0. The Labute approximate surface area is 167 Å². The monoisotopic (exact) mass is 389 g/mol. The van der Waals surface area contributed by atoms with Crippen LogP contribution in [0.1, 0.15) is 82.6 Å². The van der Waals surface area contributed by atoms with Gasteiger partial charge in [-0.2, -0.15) is 0 Å². The predicted molar refractivity (Wildman–Crippen MR) is 113 cm³/mol. The predicted octanol–water partition coefficient (Wildman–Crippen LogP) is 4.14. The van der Waals surface area contributed by atoms with Gasteiger partial charge in [0, 0.05) is 39.3 Å². The number of rotatable bonds is 3. The fourth-order valence-electron chi connectivity index (χ4n) is 0. The third kappa shape index (κ3) is 80.3. The van der Waals surface area contributed by atoms with Gasteiger partial charge in [0.1, 0.15) is 23.1 Å². The third-order valence-electron chi connectivity index (χ3n) is 2.75. The zero-order valence-electron chi connectivity index (χ0n) is 19.9. The molecule has 6 heteroatoms. The molecule has 162 valence electrons. The molecule has 0 aromatic rings. The largest absolute Gasteiger partial charge is 0.349 e. The minimum atomic E-state index is 0.0926. The maximum atomic E-state index is 10.1. The smallest absolute Gasteiger partial charge is 0.218 e. The van der Waals surface area contributed by atoms with E-state index in [0.717, 1.165) is 0 Å². The van der Waals surface area contributed by atoms with E-state index < -0.39 is 0 Å². The molecule has 0 rings (SSSR count). The summed E-state index contributed by atoms with van der Waals surface area (Å²) >= 11 is 0. The first-order valence-electron chi connectivity index (χ1n) is 9.09. The third-order valence-corrected chi connectivity index (χ3v) is 2.75. The van der Waals surface area contributed by atoms with Crippen molar-refractivity contribution in [2.45, 2.75) is 82.6 Å². The second-order valence-electron chi connectivity index (χ2n) is 6.91. The van der Waals surface area contributed by atoms with Gasteiger partial charge in [-0.25, -0.2) is 0 Å². The second kappa shape index (κ2) is 24.1. The summed E-state index contributed by atoms with van der Waals surface area (Å²) in [7, 11) is 3.45. The van der Waals surface area contributed by atoms with Gasteiger partial charge in [0.15, 0.2) is 0 Å². The van der Waals surface area contributed by atoms with Crippen molar-refractivity contribution in [3.8, 4) is 0 Å². The lowest BCUT2D eigenvalue weighted by Gasteiger charge is -2.02. The molecule has 1 amide bonds. The van der Waals surface area contributed by atoms with Crippen LogP contribution in [0.3, 0.4) is 0 Å². The molecule has 0 aromatic carbocycles. The molecule has 0 aromatic heterocycles. The maximum Gasteiger partial charge on any atom is 0.218 e. The topological polar surface area (TPSA) is 88.6 Å². The summed E-state index contributed by atoms with van der Waals surface area (Å²) in [6, 6.07) is 0. The van der Waals surface area contributed by atoms with Crippen LogP contribution in [0, 0.1) is 11.8 Å². The van der Waals surface area contributed by atoms with Gasteiger partial charge in [0.05, 0.1) is 0 Å². The highest BCUT2D eigenvalue weighted by Crippen LogP contribution is 1.90. The first kappa shape index (κ1) is 36.1. The van der Waals surface area contributed by atoms with Crippen LogP contribution >= 0.6 is 0 Å². The van der Waals surface area contributed by atoms with E-state index in [0.29, 0.717) is 6.42 Å². The average Bonchev–Trinajstić information content (AvgIpc) is 2.48. The van der Waals surface area contributed by atoms with Crippen LogP contribution in [0.2, 0.25) is 0 Å². The summed E-state index contributed by atoms with van der Waals surface area (Å²) < 4.78 is 0. The normalized spacial score (nSPS) is 8.26. The molecule has 0 unspecified atom stereocenters. The molecular weight excluding hydrogens is 346 g/mol. The van der Waals surface area contributed by atoms with E-state index in [1.165, 1.54) is 25.7 Å². The molecule has 0 spiro atoms. The van der Waals surface area contributed by atoms with E-state index in [-0.39, 0.29) is 40.9 Å². The van der Waals surface area contributed by atoms with Gasteiger partial charge in [0.25, 0.3) is 0 Å². The summed E-state index contributed by atoms with van der Waals surface area (Å²) in [4.78, 5) is 51.1. The fraction of sp³-hybridized carbons (Fsp3) is 0.762. The van der Waals surface area contributed by atoms with Gasteiger partial charge in [-0.05, 0) is 34.6 Å². The van der Waals surface area contributed by atoms with Gasteiger partial charge < -0.3 is 14.5 Å². The highest BCUT2D eigenvalue weighted by Gasteiger charge is 1.95. The van der Waals surface area contributed by atoms with Crippen LogP contribution in [0.15, 0.2) is 0 Å². The van der Waals surface area contributed by atoms with Crippen molar-refractivity contribution in [2.24, 2.45) is 11.8 Å².